The smallest absolute Gasteiger partial charge is 0.139 e. The topological polar surface area (TPSA) is 53.7 Å². The van der Waals surface area contributed by atoms with Crippen molar-refractivity contribution >= 4 is 27.5 Å². The highest BCUT2D eigenvalue weighted by Gasteiger charge is 2.20. The molecule has 0 unspecified atom stereocenters. The van der Waals surface area contributed by atoms with Crippen molar-refractivity contribution in [3.05, 3.63) is 22.3 Å². The Bertz CT molecular complexity index is 460. The van der Waals surface area contributed by atoms with Gasteiger partial charge in [-0.2, -0.15) is 5.10 Å². The minimum atomic E-state index is 0.250. The van der Waals surface area contributed by atoms with Crippen molar-refractivity contribution < 1.29 is 0 Å². The van der Waals surface area contributed by atoms with Crippen molar-refractivity contribution in [1.29, 1.82) is 5.41 Å². The van der Waals surface area contributed by atoms with E-state index in [4.69, 9.17) is 5.41 Å². The van der Waals surface area contributed by atoms with Crippen molar-refractivity contribution in [2.45, 2.75) is 39.7 Å². The molecule has 0 fully saturated rings. The third-order valence-electron chi connectivity index (χ3n) is 2.82. The van der Waals surface area contributed by atoms with Crippen LogP contribution in [0.2, 0.25) is 0 Å². The van der Waals surface area contributed by atoms with Gasteiger partial charge in [-0.3, -0.25) is 0 Å². The predicted molar refractivity (Wildman–Crippen MR) is 80.7 cm³/mol. The number of hydrogen-bond donors (Lipinski definition) is 2. The van der Waals surface area contributed by atoms with Crippen LogP contribution in [-0.2, 0) is 0 Å². The van der Waals surface area contributed by atoms with E-state index in [-0.39, 0.29) is 6.04 Å². The van der Waals surface area contributed by atoms with Gasteiger partial charge in [-0.15, -0.1) is 0 Å². The Morgan fingerprint density at radius 1 is 1.56 bits per heavy atom. The molecular formula is C13H21BrN4. The third-order valence-corrected chi connectivity index (χ3v) is 3.38. The summed E-state index contributed by atoms with van der Waals surface area (Å²) in [6.45, 7) is 10.2. The first-order valence-corrected chi connectivity index (χ1v) is 6.91. The average molecular weight is 313 g/mol. The normalized spacial score (nSPS) is 10.8. The molecule has 0 aromatic carbocycles. The van der Waals surface area contributed by atoms with Crippen LogP contribution in [0.15, 0.2) is 16.8 Å². The lowest BCUT2D eigenvalue weighted by Gasteiger charge is -2.12. The molecule has 0 atom stereocenters. The maximum absolute atomic E-state index is 8.22. The fraction of sp³-hybridized carbons (Fsp3) is 0.538. The molecule has 0 spiro atoms. The Kier molecular flexibility index (Phi) is 5.14. The Labute approximate surface area is 117 Å². The molecule has 4 nitrogen and oxygen atoms in total. The molecule has 1 heterocycles. The van der Waals surface area contributed by atoms with Crippen LogP contribution in [0, 0.1) is 5.41 Å². The van der Waals surface area contributed by atoms with Gasteiger partial charge in [0.15, 0.2) is 0 Å². The summed E-state index contributed by atoms with van der Waals surface area (Å²) in [6, 6.07) is 0.250. The van der Waals surface area contributed by atoms with E-state index in [1.165, 1.54) is 0 Å². The van der Waals surface area contributed by atoms with Gasteiger partial charge in [0, 0.05) is 25.2 Å². The molecule has 100 valence electrons. The fourth-order valence-corrected chi connectivity index (χ4v) is 2.35. The summed E-state index contributed by atoms with van der Waals surface area (Å²) in [5.74, 6) is 0.880. The molecule has 0 aliphatic heterocycles. The lowest BCUT2D eigenvalue weighted by molar-refractivity contribution is 0.536. The second-order valence-electron chi connectivity index (χ2n) is 4.56. The van der Waals surface area contributed by atoms with Crippen LogP contribution in [0.4, 0.5) is 5.82 Å². The fourth-order valence-electron chi connectivity index (χ4n) is 1.75. The van der Waals surface area contributed by atoms with Crippen molar-refractivity contribution in [3.8, 4) is 0 Å². The molecule has 0 aliphatic carbocycles. The number of halogens is 1. The summed E-state index contributed by atoms with van der Waals surface area (Å²) in [6.07, 6.45) is 1.49. The van der Waals surface area contributed by atoms with Gasteiger partial charge in [0.2, 0.25) is 0 Å². The summed E-state index contributed by atoms with van der Waals surface area (Å²) in [5, 5.41) is 15.8. The van der Waals surface area contributed by atoms with Gasteiger partial charge in [0.25, 0.3) is 0 Å². The molecule has 2 N–H and O–H groups in total. The quantitative estimate of drug-likeness (QED) is 0.616. The first-order chi connectivity index (χ1) is 8.42. The predicted octanol–water partition coefficient (Wildman–Crippen LogP) is 3.99. The SMILES string of the molecule is C=C(CC)CC(=N)c1c(Br)nn(C(C)C)c1NC. The molecule has 0 radical (unpaired) electrons. The van der Waals surface area contributed by atoms with Gasteiger partial charge in [0.1, 0.15) is 10.4 Å². The number of nitrogens with zero attached hydrogens (tertiary/aromatic N) is 2. The number of allylic oxidation sites excluding steroid dienone is 1. The van der Waals surface area contributed by atoms with Gasteiger partial charge in [-0.1, -0.05) is 19.1 Å². The minimum Gasteiger partial charge on any atom is -0.373 e. The highest BCUT2D eigenvalue weighted by molar-refractivity contribution is 9.10. The Morgan fingerprint density at radius 2 is 2.17 bits per heavy atom. The van der Waals surface area contributed by atoms with E-state index in [1.54, 1.807) is 0 Å². The van der Waals surface area contributed by atoms with E-state index < -0.39 is 0 Å². The second kappa shape index (κ2) is 6.18. The highest BCUT2D eigenvalue weighted by atomic mass is 79.9. The van der Waals surface area contributed by atoms with Gasteiger partial charge in [0.05, 0.1) is 5.56 Å². The zero-order valence-electron chi connectivity index (χ0n) is 11.5. The zero-order chi connectivity index (χ0) is 13.9. The Morgan fingerprint density at radius 3 is 2.61 bits per heavy atom. The number of aromatic nitrogens is 2. The highest BCUT2D eigenvalue weighted by Crippen LogP contribution is 2.29. The summed E-state index contributed by atoms with van der Waals surface area (Å²) in [5.41, 5.74) is 2.44. The summed E-state index contributed by atoms with van der Waals surface area (Å²) >= 11 is 3.45. The van der Waals surface area contributed by atoms with E-state index in [1.807, 2.05) is 11.7 Å². The van der Waals surface area contributed by atoms with Crippen LogP contribution < -0.4 is 5.32 Å². The van der Waals surface area contributed by atoms with Crippen molar-refractivity contribution in [1.82, 2.24) is 9.78 Å². The third kappa shape index (κ3) is 3.02. The summed E-state index contributed by atoms with van der Waals surface area (Å²) < 4.78 is 2.61. The van der Waals surface area contributed by atoms with Crippen molar-refractivity contribution in [2.75, 3.05) is 12.4 Å². The van der Waals surface area contributed by atoms with Crippen molar-refractivity contribution in [3.63, 3.8) is 0 Å². The molecule has 0 saturated carbocycles. The molecule has 1 aromatic heterocycles. The molecule has 18 heavy (non-hydrogen) atoms. The molecule has 0 bridgehead atoms. The van der Waals surface area contributed by atoms with E-state index in [2.05, 4.69) is 53.7 Å². The second-order valence-corrected chi connectivity index (χ2v) is 5.31. The van der Waals surface area contributed by atoms with Gasteiger partial charge < -0.3 is 10.7 Å². The molecule has 1 rings (SSSR count). The van der Waals surface area contributed by atoms with E-state index in [0.717, 1.165) is 28.0 Å². The molecule has 1 aromatic rings. The van der Waals surface area contributed by atoms with Gasteiger partial charge in [-0.25, -0.2) is 4.68 Å². The standard InChI is InChI=1S/C13H21BrN4/c1-6-9(4)7-10(15)11-12(14)17-18(8(2)3)13(11)16-5/h8,15-16H,4,6-7H2,1-3,5H3. The van der Waals surface area contributed by atoms with Crippen LogP contribution in [0.5, 0.6) is 0 Å². The van der Waals surface area contributed by atoms with Crippen LogP contribution in [0.1, 0.15) is 45.2 Å². The lowest BCUT2D eigenvalue weighted by atomic mass is 10.0. The molecular weight excluding hydrogens is 292 g/mol. The molecule has 5 heteroatoms. The zero-order valence-corrected chi connectivity index (χ0v) is 13.1. The number of nitrogens with one attached hydrogen (secondary N) is 2. The molecule has 0 amide bonds. The molecule has 0 saturated heterocycles. The van der Waals surface area contributed by atoms with Gasteiger partial charge >= 0.3 is 0 Å². The van der Waals surface area contributed by atoms with E-state index in [9.17, 15) is 0 Å². The van der Waals surface area contributed by atoms with E-state index >= 15 is 0 Å². The maximum atomic E-state index is 8.22. The van der Waals surface area contributed by atoms with Crippen LogP contribution in [0.25, 0.3) is 0 Å². The Balaban J connectivity index is 3.15. The number of hydrogen-bond acceptors (Lipinski definition) is 3. The number of rotatable bonds is 6. The largest absolute Gasteiger partial charge is 0.373 e. The molecule has 0 aliphatic rings. The van der Waals surface area contributed by atoms with Gasteiger partial charge in [-0.05, 0) is 36.2 Å². The maximum Gasteiger partial charge on any atom is 0.139 e. The average Bonchev–Trinajstić information content (AvgIpc) is 2.65. The number of anilines is 1. The van der Waals surface area contributed by atoms with E-state index in [0.29, 0.717) is 12.1 Å². The Hall–Kier alpha value is -1.10. The minimum absolute atomic E-state index is 0.250. The first-order valence-electron chi connectivity index (χ1n) is 6.12. The summed E-state index contributed by atoms with van der Waals surface area (Å²) in [4.78, 5) is 0. The summed E-state index contributed by atoms with van der Waals surface area (Å²) in [7, 11) is 1.85. The lowest BCUT2D eigenvalue weighted by Crippen LogP contribution is -2.10. The van der Waals surface area contributed by atoms with Crippen LogP contribution in [0.3, 0.4) is 0 Å². The van der Waals surface area contributed by atoms with Crippen LogP contribution >= 0.6 is 15.9 Å². The monoisotopic (exact) mass is 312 g/mol. The van der Waals surface area contributed by atoms with Crippen molar-refractivity contribution in [2.24, 2.45) is 0 Å². The first kappa shape index (κ1) is 15.0. The van der Waals surface area contributed by atoms with Crippen LogP contribution in [-0.4, -0.2) is 22.5 Å².